The maximum atomic E-state index is 6.25. The lowest BCUT2D eigenvalue weighted by molar-refractivity contribution is 0.775. The quantitative estimate of drug-likeness (QED) is 0.726. The molecule has 0 aliphatic heterocycles. The summed E-state index contributed by atoms with van der Waals surface area (Å²) < 4.78 is 2.34. The van der Waals surface area contributed by atoms with E-state index in [1.165, 1.54) is 23.3 Å². The van der Waals surface area contributed by atoms with E-state index >= 15 is 0 Å². The van der Waals surface area contributed by atoms with Crippen molar-refractivity contribution in [1.82, 2.24) is 9.55 Å². The van der Waals surface area contributed by atoms with Gasteiger partial charge in [-0.15, -0.1) is 11.3 Å². The predicted octanol–water partition coefficient (Wildman–Crippen LogP) is 4.95. The van der Waals surface area contributed by atoms with E-state index in [9.17, 15) is 0 Å². The summed E-state index contributed by atoms with van der Waals surface area (Å²) in [6, 6.07) is 6.48. The van der Waals surface area contributed by atoms with Gasteiger partial charge in [-0.1, -0.05) is 11.6 Å². The second-order valence-corrected chi connectivity index (χ2v) is 7.38. The number of fused-ring (bicyclic) bond motifs is 1. The number of benzene rings is 1. The molecule has 0 bridgehead atoms. The van der Waals surface area contributed by atoms with E-state index < -0.39 is 0 Å². The SMILES string of the molecule is Cc1sc(N)c(-c2nc3cc(Cl)ccc3n2C2CC2)c1C. The molecule has 5 heteroatoms. The monoisotopic (exact) mass is 317 g/mol. The fourth-order valence-electron chi connectivity index (χ4n) is 2.88. The molecule has 0 atom stereocenters. The number of halogens is 1. The molecule has 3 nitrogen and oxygen atoms in total. The number of nitrogen functional groups attached to an aromatic ring is 1. The molecule has 2 N–H and O–H groups in total. The van der Waals surface area contributed by atoms with Crippen LogP contribution in [0.15, 0.2) is 18.2 Å². The first-order chi connectivity index (χ1) is 10.1. The van der Waals surface area contributed by atoms with Gasteiger partial charge in [0.25, 0.3) is 0 Å². The predicted molar refractivity (Wildman–Crippen MR) is 90.2 cm³/mol. The highest BCUT2D eigenvalue weighted by molar-refractivity contribution is 7.16. The van der Waals surface area contributed by atoms with Gasteiger partial charge in [0.15, 0.2) is 0 Å². The summed E-state index contributed by atoms with van der Waals surface area (Å²) in [6.07, 6.45) is 2.42. The zero-order valence-electron chi connectivity index (χ0n) is 12.0. The Bertz CT molecular complexity index is 858. The summed E-state index contributed by atoms with van der Waals surface area (Å²) >= 11 is 7.76. The fourth-order valence-corrected chi connectivity index (χ4v) is 3.98. The summed E-state index contributed by atoms with van der Waals surface area (Å²) in [7, 11) is 0. The van der Waals surface area contributed by atoms with Crippen LogP contribution in [0.4, 0.5) is 5.00 Å². The zero-order chi connectivity index (χ0) is 14.7. The minimum Gasteiger partial charge on any atom is -0.390 e. The molecular formula is C16H16ClN3S. The topological polar surface area (TPSA) is 43.8 Å². The lowest BCUT2D eigenvalue weighted by Crippen LogP contribution is -1.99. The van der Waals surface area contributed by atoms with Crippen molar-refractivity contribution < 1.29 is 0 Å². The van der Waals surface area contributed by atoms with Crippen molar-refractivity contribution >= 4 is 39.0 Å². The number of nitrogens with two attached hydrogens (primary N) is 1. The van der Waals surface area contributed by atoms with Crippen LogP contribution < -0.4 is 5.73 Å². The summed E-state index contributed by atoms with van der Waals surface area (Å²) in [5.74, 6) is 0.995. The van der Waals surface area contributed by atoms with Gasteiger partial charge in [-0.3, -0.25) is 0 Å². The van der Waals surface area contributed by atoms with Gasteiger partial charge >= 0.3 is 0 Å². The number of rotatable bonds is 2. The number of thiophene rings is 1. The molecule has 0 spiro atoms. The van der Waals surface area contributed by atoms with Gasteiger partial charge in [-0.2, -0.15) is 0 Å². The molecule has 0 unspecified atom stereocenters. The van der Waals surface area contributed by atoms with Crippen LogP contribution in [0.25, 0.3) is 22.4 Å². The summed E-state index contributed by atoms with van der Waals surface area (Å²) in [5, 5.41) is 1.58. The Balaban J connectivity index is 2.06. The highest BCUT2D eigenvalue weighted by Gasteiger charge is 2.30. The smallest absolute Gasteiger partial charge is 0.144 e. The number of anilines is 1. The third-order valence-electron chi connectivity index (χ3n) is 4.20. The van der Waals surface area contributed by atoms with E-state index in [2.05, 4.69) is 24.5 Å². The summed E-state index contributed by atoms with van der Waals surface area (Å²) in [4.78, 5) is 6.10. The maximum Gasteiger partial charge on any atom is 0.144 e. The Hall–Kier alpha value is -1.52. The minimum absolute atomic E-state index is 0.546. The Kier molecular flexibility index (Phi) is 2.81. The number of nitrogens with zero attached hydrogens (tertiary/aromatic N) is 2. The van der Waals surface area contributed by atoms with Crippen LogP contribution in [0, 0.1) is 13.8 Å². The van der Waals surface area contributed by atoms with Gasteiger partial charge in [-0.25, -0.2) is 4.98 Å². The Morgan fingerprint density at radius 2 is 2.10 bits per heavy atom. The minimum atomic E-state index is 0.546. The summed E-state index contributed by atoms with van der Waals surface area (Å²) in [6.45, 7) is 4.24. The van der Waals surface area contributed by atoms with Crippen molar-refractivity contribution in [2.24, 2.45) is 0 Å². The molecule has 0 radical (unpaired) electrons. The van der Waals surface area contributed by atoms with E-state index in [-0.39, 0.29) is 0 Å². The Labute approximate surface area is 132 Å². The van der Waals surface area contributed by atoms with Crippen molar-refractivity contribution in [2.75, 3.05) is 5.73 Å². The molecule has 2 heterocycles. The average Bonchev–Trinajstić information content (AvgIpc) is 3.15. The number of hydrogen-bond acceptors (Lipinski definition) is 3. The highest BCUT2D eigenvalue weighted by Crippen LogP contribution is 2.45. The van der Waals surface area contributed by atoms with E-state index in [0.717, 1.165) is 32.4 Å². The van der Waals surface area contributed by atoms with Gasteiger partial charge in [-0.05, 0) is 50.5 Å². The normalized spacial score (nSPS) is 15.0. The number of hydrogen-bond donors (Lipinski definition) is 1. The van der Waals surface area contributed by atoms with E-state index in [1.807, 2.05) is 12.1 Å². The average molecular weight is 318 g/mol. The third kappa shape index (κ3) is 1.97. The van der Waals surface area contributed by atoms with Crippen LogP contribution in [-0.4, -0.2) is 9.55 Å². The zero-order valence-corrected chi connectivity index (χ0v) is 13.6. The van der Waals surface area contributed by atoms with Gasteiger partial charge in [0.2, 0.25) is 0 Å². The molecule has 1 aliphatic carbocycles. The first-order valence-corrected chi connectivity index (χ1v) is 8.29. The number of aromatic nitrogens is 2. The van der Waals surface area contributed by atoms with Gasteiger partial charge in [0, 0.05) is 15.9 Å². The Morgan fingerprint density at radius 1 is 1.33 bits per heavy atom. The van der Waals surface area contributed by atoms with Gasteiger partial charge < -0.3 is 10.3 Å². The number of aryl methyl sites for hydroxylation is 1. The van der Waals surface area contributed by atoms with Crippen LogP contribution in [0.2, 0.25) is 5.02 Å². The molecule has 2 aromatic heterocycles. The van der Waals surface area contributed by atoms with Crippen LogP contribution in [-0.2, 0) is 0 Å². The maximum absolute atomic E-state index is 6.25. The first kappa shape index (κ1) is 13.2. The molecular weight excluding hydrogens is 302 g/mol. The first-order valence-electron chi connectivity index (χ1n) is 7.09. The van der Waals surface area contributed by atoms with Crippen molar-refractivity contribution in [3.05, 3.63) is 33.7 Å². The van der Waals surface area contributed by atoms with Crippen molar-refractivity contribution in [3.63, 3.8) is 0 Å². The standard InChI is InChI=1S/C16H16ClN3S/c1-8-9(2)21-15(18)14(8)16-19-12-7-10(17)3-6-13(12)20(16)11-4-5-11/h3,6-7,11H,4-5,18H2,1-2H3. The molecule has 3 aromatic rings. The molecule has 1 aliphatic rings. The lowest BCUT2D eigenvalue weighted by atomic mass is 10.1. The molecule has 0 saturated heterocycles. The third-order valence-corrected chi connectivity index (χ3v) is 5.47. The van der Waals surface area contributed by atoms with Crippen molar-refractivity contribution in [3.8, 4) is 11.4 Å². The van der Waals surface area contributed by atoms with Crippen LogP contribution in [0.1, 0.15) is 29.3 Å². The number of imidazole rings is 1. The van der Waals surface area contributed by atoms with E-state index in [1.54, 1.807) is 11.3 Å². The molecule has 1 fully saturated rings. The van der Waals surface area contributed by atoms with Gasteiger partial charge in [0.1, 0.15) is 5.82 Å². The van der Waals surface area contributed by atoms with Crippen molar-refractivity contribution in [2.45, 2.75) is 32.7 Å². The van der Waals surface area contributed by atoms with Gasteiger partial charge in [0.05, 0.1) is 21.6 Å². The van der Waals surface area contributed by atoms with Crippen LogP contribution in [0.3, 0.4) is 0 Å². The lowest BCUT2D eigenvalue weighted by Gasteiger charge is -2.08. The van der Waals surface area contributed by atoms with Crippen molar-refractivity contribution in [1.29, 1.82) is 0 Å². The second kappa shape index (κ2) is 4.49. The fraction of sp³-hybridized carbons (Fsp3) is 0.312. The molecule has 1 aromatic carbocycles. The molecule has 0 amide bonds. The molecule has 4 rings (SSSR count). The van der Waals surface area contributed by atoms with E-state index in [4.69, 9.17) is 22.3 Å². The highest BCUT2D eigenvalue weighted by atomic mass is 35.5. The summed E-state index contributed by atoms with van der Waals surface area (Å²) in [5.41, 5.74) is 10.7. The van der Waals surface area contributed by atoms with Crippen LogP contribution >= 0.6 is 22.9 Å². The Morgan fingerprint density at radius 3 is 2.71 bits per heavy atom. The molecule has 21 heavy (non-hydrogen) atoms. The molecule has 108 valence electrons. The largest absolute Gasteiger partial charge is 0.390 e. The van der Waals surface area contributed by atoms with Crippen LogP contribution in [0.5, 0.6) is 0 Å². The van der Waals surface area contributed by atoms with E-state index in [0.29, 0.717) is 6.04 Å². The molecule has 1 saturated carbocycles. The second-order valence-electron chi connectivity index (χ2n) is 5.69.